The van der Waals surface area contributed by atoms with Gasteiger partial charge in [-0.15, -0.1) is 0 Å². The van der Waals surface area contributed by atoms with Crippen LogP contribution in [0.15, 0.2) is 12.1 Å². The Morgan fingerprint density at radius 3 is 2.59 bits per heavy atom. The maximum absolute atomic E-state index is 14.1. The highest BCUT2D eigenvalue weighted by molar-refractivity contribution is 6.30. The van der Waals surface area contributed by atoms with Gasteiger partial charge in [0.1, 0.15) is 0 Å². The molecule has 5 heteroatoms. The van der Waals surface area contributed by atoms with E-state index in [-0.39, 0.29) is 16.3 Å². The Morgan fingerprint density at radius 1 is 1.53 bits per heavy atom. The molecule has 0 heterocycles. The van der Waals surface area contributed by atoms with E-state index in [9.17, 15) is 14.3 Å². The van der Waals surface area contributed by atoms with E-state index in [1.807, 2.05) is 0 Å². The summed E-state index contributed by atoms with van der Waals surface area (Å²) < 4.78 is 18.9. The van der Waals surface area contributed by atoms with Crippen LogP contribution in [0.25, 0.3) is 0 Å². The SMILES string of the molecule is COc1cc(Cl)cc(C2(C(=O)O)CCC2)c1F. The lowest BCUT2D eigenvalue weighted by atomic mass is 9.64. The number of ether oxygens (including phenoxy) is 1. The Balaban J connectivity index is 2.58. The van der Waals surface area contributed by atoms with Gasteiger partial charge in [0.25, 0.3) is 0 Å². The average Bonchev–Trinajstić information content (AvgIpc) is 2.20. The molecule has 0 atom stereocenters. The second-order valence-electron chi connectivity index (χ2n) is 4.21. The summed E-state index contributed by atoms with van der Waals surface area (Å²) in [5.74, 6) is -1.65. The monoisotopic (exact) mass is 258 g/mol. The highest BCUT2D eigenvalue weighted by Gasteiger charge is 2.48. The van der Waals surface area contributed by atoms with Gasteiger partial charge < -0.3 is 9.84 Å². The maximum Gasteiger partial charge on any atom is 0.314 e. The molecule has 1 aliphatic carbocycles. The van der Waals surface area contributed by atoms with Crippen LogP contribution >= 0.6 is 11.6 Å². The van der Waals surface area contributed by atoms with Gasteiger partial charge >= 0.3 is 5.97 Å². The van der Waals surface area contributed by atoms with Gasteiger partial charge in [-0.3, -0.25) is 4.79 Å². The molecule has 0 aromatic heterocycles. The van der Waals surface area contributed by atoms with Crippen molar-refractivity contribution in [3.05, 3.63) is 28.5 Å². The summed E-state index contributed by atoms with van der Waals surface area (Å²) in [6, 6.07) is 2.72. The van der Waals surface area contributed by atoms with Crippen molar-refractivity contribution < 1.29 is 19.0 Å². The number of halogens is 2. The molecule has 0 saturated heterocycles. The van der Waals surface area contributed by atoms with Crippen LogP contribution in [0.5, 0.6) is 5.75 Å². The third kappa shape index (κ3) is 1.76. The molecule has 1 fully saturated rings. The van der Waals surface area contributed by atoms with E-state index >= 15 is 0 Å². The lowest BCUT2D eigenvalue weighted by Gasteiger charge is -2.38. The molecule has 17 heavy (non-hydrogen) atoms. The molecule has 1 aromatic rings. The molecular weight excluding hydrogens is 247 g/mol. The van der Waals surface area contributed by atoms with Gasteiger partial charge in [0.2, 0.25) is 0 Å². The fraction of sp³-hybridized carbons (Fsp3) is 0.417. The van der Waals surface area contributed by atoms with Crippen LogP contribution in [0.1, 0.15) is 24.8 Å². The van der Waals surface area contributed by atoms with Crippen molar-refractivity contribution in [2.45, 2.75) is 24.7 Å². The highest BCUT2D eigenvalue weighted by Crippen LogP contribution is 2.47. The molecule has 3 nitrogen and oxygen atoms in total. The summed E-state index contributed by atoms with van der Waals surface area (Å²) in [6.45, 7) is 0. The topological polar surface area (TPSA) is 46.5 Å². The first-order valence-corrected chi connectivity index (χ1v) is 5.66. The number of carboxylic acids is 1. The van der Waals surface area contributed by atoms with E-state index in [4.69, 9.17) is 16.3 Å². The molecular formula is C12H12ClFO3. The normalized spacial score (nSPS) is 17.4. The number of benzene rings is 1. The van der Waals surface area contributed by atoms with Gasteiger partial charge in [-0.25, -0.2) is 4.39 Å². The quantitative estimate of drug-likeness (QED) is 0.907. The number of rotatable bonds is 3. The number of aliphatic carboxylic acids is 1. The molecule has 0 radical (unpaired) electrons. The minimum Gasteiger partial charge on any atom is -0.494 e. The molecule has 0 aliphatic heterocycles. The van der Waals surface area contributed by atoms with Crippen LogP contribution in [0, 0.1) is 5.82 Å². The third-order valence-corrected chi connectivity index (χ3v) is 3.57. The van der Waals surface area contributed by atoms with E-state index in [1.54, 1.807) is 0 Å². The largest absolute Gasteiger partial charge is 0.494 e. The van der Waals surface area contributed by atoms with Gasteiger partial charge in [0, 0.05) is 16.7 Å². The standard InChI is InChI=1S/C12H12ClFO3/c1-17-9-6-7(13)5-8(10(9)14)12(11(15)16)3-2-4-12/h5-6H,2-4H2,1H3,(H,15,16). The van der Waals surface area contributed by atoms with E-state index < -0.39 is 17.2 Å². The predicted octanol–water partition coefficient (Wildman–Crippen LogP) is 2.99. The Labute approximate surface area is 103 Å². The number of carboxylic acid groups (broad SMARTS) is 1. The van der Waals surface area contributed by atoms with Gasteiger partial charge in [-0.05, 0) is 18.9 Å². The fourth-order valence-corrected chi connectivity index (χ4v) is 2.40. The molecule has 0 bridgehead atoms. The lowest BCUT2D eigenvalue weighted by Crippen LogP contribution is -2.43. The van der Waals surface area contributed by atoms with Crippen molar-refractivity contribution in [1.82, 2.24) is 0 Å². The lowest BCUT2D eigenvalue weighted by molar-refractivity contribution is -0.147. The smallest absolute Gasteiger partial charge is 0.314 e. The van der Waals surface area contributed by atoms with Gasteiger partial charge in [-0.2, -0.15) is 0 Å². The van der Waals surface area contributed by atoms with E-state index in [0.29, 0.717) is 12.8 Å². The average molecular weight is 259 g/mol. The first-order chi connectivity index (χ1) is 8.01. The minimum absolute atomic E-state index is 0.0139. The van der Waals surface area contributed by atoms with Crippen LogP contribution in [-0.4, -0.2) is 18.2 Å². The first kappa shape index (κ1) is 12.2. The summed E-state index contributed by atoms with van der Waals surface area (Å²) in [7, 11) is 1.33. The zero-order valence-corrected chi connectivity index (χ0v) is 10.1. The van der Waals surface area contributed by atoms with Crippen molar-refractivity contribution in [2.24, 2.45) is 0 Å². The zero-order valence-electron chi connectivity index (χ0n) is 9.30. The predicted molar refractivity (Wildman–Crippen MR) is 61.1 cm³/mol. The molecule has 2 rings (SSSR count). The molecule has 92 valence electrons. The summed E-state index contributed by atoms with van der Waals surface area (Å²) in [6.07, 6.45) is 1.64. The van der Waals surface area contributed by atoms with Gasteiger partial charge in [0.05, 0.1) is 12.5 Å². The zero-order chi connectivity index (χ0) is 12.6. The summed E-state index contributed by atoms with van der Waals surface area (Å²) in [5, 5.41) is 9.55. The number of hydrogen-bond acceptors (Lipinski definition) is 2. The van der Waals surface area contributed by atoms with E-state index in [1.165, 1.54) is 19.2 Å². The second kappa shape index (κ2) is 4.18. The Hall–Kier alpha value is -1.29. The van der Waals surface area contributed by atoms with Crippen molar-refractivity contribution in [3.63, 3.8) is 0 Å². The molecule has 0 amide bonds. The van der Waals surface area contributed by atoms with Gasteiger partial charge in [0.15, 0.2) is 11.6 Å². The summed E-state index contributed by atoms with van der Waals surface area (Å²) in [4.78, 5) is 11.3. The second-order valence-corrected chi connectivity index (χ2v) is 4.65. The molecule has 0 spiro atoms. The van der Waals surface area contributed by atoms with Gasteiger partial charge in [-0.1, -0.05) is 18.0 Å². The summed E-state index contributed by atoms with van der Waals surface area (Å²) >= 11 is 5.85. The Morgan fingerprint density at radius 2 is 2.18 bits per heavy atom. The van der Waals surface area contributed by atoms with E-state index in [2.05, 4.69) is 0 Å². The Kier molecular flexibility index (Phi) is 3.00. The first-order valence-electron chi connectivity index (χ1n) is 5.28. The number of methoxy groups -OCH3 is 1. The van der Waals surface area contributed by atoms with Crippen LogP contribution < -0.4 is 4.74 Å². The molecule has 1 aliphatic rings. The molecule has 1 N–H and O–H groups in total. The van der Waals surface area contributed by atoms with E-state index in [0.717, 1.165) is 6.42 Å². The number of hydrogen-bond donors (Lipinski definition) is 1. The molecule has 1 saturated carbocycles. The fourth-order valence-electron chi connectivity index (χ4n) is 2.19. The third-order valence-electron chi connectivity index (χ3n) is 3.36. The highest BCUT2D eigenvalue weighted by atomic mass is 35.5. The van der Waals surface area contributed by atoms with Crippen LogP contribution in [-0.2, 0) is 10.2 Å². The van der Waals surface area contributed by atoms with Crippen molar-refractivity contribution in [2.75, 3.05) is 7.11 Å². The Bertz CT molecular complexity index is 469. The van der Waals surface area contributed by atoms with Crippen molar-refractivity contribution in [1.29, 1.82) is 0 Å². The molecule has 0 unspecified atom stereocenters. The van der Waals surface area contributed by atoms with Crippen LogP contribution in [0.2, 0.25) is 5.02 Å². The maximum atomic E-state index is 14.1. The van der Waals surface area contributed by atoms with Crippen LogP contribution in [0.3, 0.4) is 0 Å². The van der Waals surface area contributed by atoms with Crippen LogP contribution in [0.4, 0.5) is 4.39 Å². The molecule has 1 aromatic carbocycles. The number of carbonyl (C=O) groups is 1. The minimum atomic E-state index is -1.14. The summed E-state index contributed by atoms with van der Waals surface area (Å²) in [5.41, 5.74) is -1.01. The van der Waals surface area contributed by atoms with Crippen molar-refractivity contribution in [3.8, 4) is 5.75 Å². The van der Waals surface area contributed by atoms with Crippen molar-refractivity contribution >= 4 is 17.6 Å².